The van der Waals surface area contributed by atoms with Gasteiger partial charge in [-0.05, 0) is 48.1 Å². The molecule has 0 radical (unpaired) electrons. The average molecular weight is 228 g/mol. The maximum Gasteiger partial charge on any atom is 0.308 e. The Bertz CT molecular complexity index is 500. The minimum atomic E-state index is -0.249. The molecule has 0 aromatic heterocycles. The lowest BCUT2D eigenvalue weighted by Gasteiger charge is -2.33. The van der Waals surface area contributed by atoms with E-state index < -0.39 is 0 Å². The highest BCUT2D eigenvalue weighted by Gasteiger charge is 2.32. The van der Waals surface area contributed by atoms with Gasteiger partial charge >= 0.3 is 5.97 Å². The third-order valence-corrected chi connectivity index (χ3v) is 3.66. The Morgan fingerprint density at radius 3 is 3.06 bits per heavy atom. The quantitative estimate of drug-likeness (QED) is 0.541. The van der Waals surface area contributed by atoms with Crippen LogP contribution in [0, 0.1) is 0 Å². The van der Waals surface area contributed by atoms with Gasteiger partial charge < -0.3 is 4.74 Å². The van der Waals surface area contributed by atoms with Gasteiger partial charge in [0.05, 0.1) is 0 Å². The summed E-state index contributed by atoms with van der Waals surface area (Å²) < 4.78 is 5.14. The lowest BCUT2D eigenvalue weighted by molar-refractivity contribution is -0.131. The Labute approximate surface area is 101 Å². The van der Waals surface area contributed by atoms with Crippen LogP contribution < -0.4 is 4.74 Å². The first-order chi connectivity index (χ1) is 8.25. The normalized spacial score (nSPS) is 21.5. The molecule has 2 heteroatoms. The number of ether oxygens (including phenoxy) is 1. The summed E-state index contributed by atoms with van der Waals surface area (Å²) in [6, 6.07) is 6.01. The topological polar surface area (TPSA) is 26.3 Å². The molecule has 1 atom stereocenters. The maximum atomic E-state index is 10.9. The van der Waals surface area contributed by atoms with Gasteiger partial charge in [0.2, 0.25) is 0 Å². The molecule has 0 unspecified atom stereocenters. The molecule has 0 spiro atoms. The van der Waals surface area contributed by atoms with Gasteiger partial charge in [-0.3, -0.25) is 4.79 Å². The molecule has 0 bridgehead atoms. The summed E-state index contributed by atoms with van der Waals surface area (Å²) in [6.45, 7) is 1.44. The van der Waals surface area contributed by atoms with Crippen LogP contribution in [0.2, 0.25) is 0 Å². The molecule has 0 heterocycles. The maximum absolute atomic E-state index is 10.9. The fourth-order valence-electron chi connectivity index (χ4n) is 2.91. The second kappa shape index (κ2) is 4.02. The van der Waals surface area contributed by atoms with Crippen molar-refractivity contribution in [2.75, 3.05) is 0 Å². The SMILES string of the molecule is CC(=O)Oc1ccc2c(c1)[C@H]1CCCCC=C21. The zero-order valence-electron chi connectivity index (χ0n) is 10.0. The largest absolute Gasteiger partial charge is 0.427 e. The second-order valence-corrected chi connectivity index (χ2v) is 4.84. The molecule has 0 fully saturated rings. The van der Waals surface area contributed by atoms with Gasteiger partial charge in [-0.25, -0.2) is 0 Å². The number of allylic oxidation sites excluding steroid dienone is 2. The van der Waals surface area contributed by atoms with Crippen LogP contribution in [0.1, 0.15) is 49.7 Å². The van der Waals surface area contributed by atoms with Crippen LogP contribution in [-0.4, -0.2) is 5.97 Å². The van der Waals surface area contributed by atoms with Crippen molar-refractivity contribution in [1.29, 1.82) is 0 Å². The van der Waals surface area contributed by atoms with Gasteiger partial charge in [0.25, 0.3) is 0 Å². The molecule has 1 aromatic rings. The van der Waals surface area contributed by atoms with Crippen molar-refractivity contribution >= 4 is 11.5 Å². The summed E-state index contributed by atoms with van der Waals surface area (Å²) >= 11 is 0. The van der Waals surface area contributed by atoms with E-state index >= 15 is 0 Å². The number of fused-ring (bicyclic) bond motifs is 4. The molecule has 0 aliphatic heterocycles. The number of hydrogen-bond acceptors (Lipinski definition) is 2. The molecule has 2 nitrogen and oxygen atoms in total. The van der Waals surface area contributed by atoms with Crippen LogP contribution >= 0.6 is 0 Å². The van der Waals surface area contributed by atoms with Crippen LogP contribution in [0.3, 0.4) is 0 Å². The van der Waals surface area contributed by atoms with E-state index in [0.29, 0.717) is 11.7 Å². The number of carbonyl (C=O) groups excluding carboxylic acids is 1. The number of benzene rings is 1. The molecule has 1 aromatic carbocycles. The van der Waals surface area contributed by atoms with Crippen molar-refractivity contribution in [3.8, 4) is 5.75 Å². The molecule has 2 aliphatic carbocycles. The summed E-state index contributed by atoms with van der Waals surface area (Å²) in [6.07, 6.45) is 7.41. The summed E-state index contributed by atoms with van der Waals surface area (Å²) in [5.74, 6) is 1.02. The molecule has 0 N–H and O–H groups in total. The highest BCUT2D eigenvalue weighted by atomic mass is 16.5. The minimum Gasteiger partial charge on any atom is -0.427 e. The number of esters is 1. The van der Waals surface area contributed by atoms with Gasteiger partial charge in [-0.2, -0.15) is 0 Å². The van der Waals surface area contributed by atoms with Crippen molar-refractivity contribution in [2.45, 2.75) is 38.5 Å². The Kier molecular flexibility index (Phi) is 2.50. The molecule has 3 rings (SSSR count). The van der Waals surface area contributed by atoms with E-state index in [1.807, 2.05) is 12.1 Å². The first kappa shape index (κ1) is 10.6. The first-order valence-electron chi connectivity index (χ1n) is 6.28. The van der Waals surface area contributed by atoms with E-state index in [1.54, 1.807) is 0 Å². The van der Waals surface area contributed by atoms with E-state index in [-0.39, 0.29) is 5.97 Å². The zero-order valence-corrected chi connectivity index (χ0v) is 10.0. The third-order valence-electron chi connectivity index (χ3n) is 3.66. The monoisotopic (exact) mass is 228 g/mol. The van der Waals surface area contributed by atoms with Gasteiger partial charge in [-0.1, -0.05) is 18.6 Å². The fraction of sp³-hybridized carbons (Fsp3) is 0.400. The van der Waals surface area contributed by atoms with Crippen molar-refractivity contribution in [2.24, 2.45) is 0 Å². The molecule has 17 heavy (non-hydrogen) atoms. The lowest BCUT2D eigenvalue weighted by Crippen LogP contribution is -2.15. The van der Waals surface area contributed by atoms with Gasteiger partial charge in [0.1, 0.15) is 5.75 Å². The number of hydrogen-bond donors (Lipinski definition) is 0. The zero-order chi connectivity index (χ0) is 11.8. The van der Waals surface area contributed by atoms with E-state index in [4.69, 9.17) is 4.74 Å². The van der Waals surface area contributed by atoms with Crippen LogP contribution in [-0.2, 0) is 4.79 Å². The van der Waals surface area contributed by atoms with Crippen LogP contribution in [0.5, 0.6) is 5.75 Å². The van der Waals surface area contributed by atoms with Crippen LogP contribution in [0.25, 0.3) is 5.57 Å². The predicted molar refractivity (Wildman–Crippen MR) is 66.9 cm³/mol. The van der Waals surface area contributed by atoms with E-state index in [0.717, 1.165) is 0 Å². The molecule has 88 valence electrons. The fourth-order valence-corrected chi connectivity index (χ4v) is 2.91. The number of rotatable bonds is 1. The molecular formula is C15H16O2. The average Bonchev–Trinajstić information content (AvgIpc) is 2.48. The molecule has 0 saturated heterocycles. The molecule has 0 saturated carbocycles. The van der Waals surface area contributed by atoms with Crippen LogP contribution in [0.4, 0.5) is 0 Å². The lowest BCUT2D eigenvalue weighted by atomic mass is 9.71. The smallest absolute Gasteiger partial charge is 0.308 e. The second-order valence-electron chi connectivity index (χ2n) is 4.84. The van der Waals surface area contributed by atoms with E-state index in [1.165, 1.54) is 49.3 Å². The van der Waals surface area contributed by atoms with Gasteiger partial charge in [-0.15, -0.1) is 0 Å². The highest BCUT2D eigenvalue weighted by Crippen LogP contribution is 2.51. The van der Waals surface area contributed by atoms with Gasteiger partial charge in [0, 0.05) is 12.8 Å². The first-order valence-corrected chi connectivity index (χ1v) is 6.28. The minimum absolute atomic E-state index is 0.249. The summed E-state index contributed by atoms with van der Waals surface area (Å²) in [7, 11) is 0. The van der Waals surface area contributed by atoms with Crippen molar-refractivity contribution in [3.05, 3.63) is 35.4 Å². The standard InChI is InChI=1S/C15H16O2/c1-10(16)17-11-7-8-14-12-5-3-2-4-6-13(12)15(14)9-11/h5,7-9,13H,2-4,6H2,1H3/t13-/m0/s1. The van der Waals surface area contributed by atoms with Crippen molar-refractivity contribution in [1.82, 2.24) is 0 Å². The summed E-state index contributed by atoms with van der Waals surface area (Å²) in [4.78, 5) is 10.9. The van der Waals surface area contributed by atoms with Crippen molar-refractivity contribution < 1.29 is 9.53 Å². The molecular weight excluding hydrogens is 212 g/mol. The Hall–Kier alpha value is -1.57. The summed E-state index contributed by atoms with van der Waals surface area (Å²) in [5, 5.41) is 0. The highest BCUT2D eigenvalue weighted by molar-refractivity contribution is 5.85. The van der Waals surface area contributed by atoms with Gasteiger partial charge in [0.15, 0.2) is 0 Å². The van der Waals surface area contributed by atoms with Crippen molar-refractivity contribution in [3.63, 3.8) is 0 Å². The Morgan fingerprint density at radius 1 is 1.35 bits per heavy atom. The Morgan fingerprint density at radius 2 is 2.24 bits per heavy atom. The van der Waals surface area contributed by atoms with Crippen LogP contribution in [0.15, 0.2) is 24.3 Å². The third kappa shape index (κ3) is 1.78. The summed E-state index contributed by atoms with van der Waals surface area (Å²) in [5.41, 5.74) is 4.22. The molecule has 2 aliphatic rings. The van der Waals surface area contributed by atoms with E-state index in [2.05, 4.69) is 12.1 Å². The predicted octanol–water partition coefficient (Wildman–Crippen LogP) is 3.67. The molecule has 0 amide bonds. The Balaban J connectivity index is 1.93. The number of carbonyl (C=O) groups is 1. The van der Waals surface area contributed by atoms with E-state index in [9.17, 15) is 4.79 Å².